The maximum Gasteiger partial charge on any atom is 0.417 e. The minimum atomic E-state index is -4.47. The monoisotopic (exact) mass is 406 g/mol. The highest BCUT2D eigenvalue weighted by Gasteiger charge is 2.32. The van der Waals surface area contributed by atoms with Gasteiger partial charge in [-0.2, -0.15) is 13.2 Å². The van der Waals surface area contributed by atoms with E-state index in [-0.39, 0.29) is 23.6 Å². The molecule has 1 atom stereocenters. The predicted molar refractivity (Wildman–Crippen MR) is 94.9 cm³/mol. The molecule has 10 heteroatoms. The summed E-state index contributed by atoms with van der Waals surface area (Å²) in [7, 11) is 0. The molecule has 1 N–H and O–H groups in total. The van der Waals surface area contributed by atoms with Crippen LogP contribution >= 0.6 is 11.6 Å². The zero-order valence-corrected chi connectivity index (χ0v) is 15.5. The Hall–Kier alpha value is -1.58. The molecule has 3 heterocycles. The van der Waals surface area contributed by atoms with Gasteiger partial charge >= 0.3 is 6.18 Å². The molecule has 2 aliphatic heterocycles. The number of aromatic nitrogens is 1. The van der Waals surface area contributed by atoms with Gasteiger partial charge in [-0.15, -0.1) is 0 Å². The fourth-order valence-corrected chi connectivity index (χ4v) is 3.51. The van der Waals surface area contributed by atoms with Crippen LogP contribution in [0, 0.1) is 0 Å². The van der Waals surface area contributed by atoms with Crippen LogP contribution in [0.5, 0.6) is 0 Å². The molecule has 0 saturated carbocycles. The Balaban J connectivity index is 1.46. The highest BCUT2D eigenvalue weighted by molar-refractivity contribution is 6.33. The molecule has 27 heavy (non-hydrogen) atoms. The van der Waals surface area contributed by atoms with Crippen LogP contribution in [0.1, 0.15) is 18.4 Å². The van der Waals surface area contributed by atoms with E-state index in [9.17, 15) is 18.0 Å². The Morgan fingerprint density at radius 2 is 2.07 bits per heavy atom. The molecule has 0 aliphatic carbocycles. The Bertz CT molecular complexity index is 660. The topological polar surface area (TPSA) is 57.7 Å². The zero-order valence-electron chi connectivity index (χ0n) is 14.8. The van der Waals surface area contributed by atoms with Crippen LogP contribution < -0.4 is 10.2 Å². The molecular weight excluding hydrogens is 385 g/mol. The summed E-state index contributed by atoms with van der Waals surface area (Å²) in [6, 6.07) is 0.898. The number of alkyl halides is 3. The standard InChI is InChI=1S/C17H22ClF3N4O2/c18-14-8-12(17(19,20)21)9-23-16(14)25-5-3-24(4-6-25)11-15(26)22-10-13-2-1-7-27-13/h8-9,13H,1-7,10-11H2,(H,22,26)/t13-/m0/s1. The van der Waals surface area contributed by atoms with Gasteiger partial charge < -0.3 is 15.0 Å². The Morgan fingerprint density at radius 1 is 1.33 bits per heavy atom. The summed E-state index contributed by atoms with van der Waals surface area (Å²) in [5.41, 5.74) is -0.863. The molecular formula is C17H22ClF3N4O2. The summed E-state index contributed by atoms with van der Waals surface area (Å²) < 4.78 is 43.6. The lowest BCUT2D eigenvalue weighted by Crippen LogP contribution is -2.50. The van der Waals surface area contributed by atoms with E-state index < -0.39 is 11.7 Å². The number of pyridine rings is 1. The van der Waals surface area contributed by atoms with E-state index in [1.54, 1.807) is 0 Å². The van der Waals surface area contributed by atoms with Gasteiger partial charge in [0, 0.05) is 45.5 Å². The fourth-order valence-electron chi connectivity index (χ4n) is 3.23. The molecule has 1 aromatic heterocycles. The molecule has 2 fully saturated rings. The zero-order chi connectivity index (χ0) is 19.4. The third kappa shape index (κ3) is 5.46. The molecule has 2 saturated heterocycles. The largest absolute Gasteiger partial charge is 0.417 e. The van der Waals surface area contributed by atoms with Crippen molar-refractivity contribution in [2.24, 2.45) is 0 Å². The number of amides is 1. The van der Waals surface area contributed by atoms with E-state index in [1.807, 2.05) is 9.80 Å². The predicted octanol–water partition coefficient (Wildman–Crippen LogP) is 2.17. The van der Waals surface area contributed by atoms with Crippen molar-refractivity contribution in [1.82, 2.24) is 15.2 Å². The second kappa shape index (κ2) is 8.62. The van der Waals surface area contributed by atoms with Crippen molar-refractivity contribution >= 4 is 23.3 Å². The van der Waals surface area contributed by atoms with Crippen molar-refractivity contribution in [3.63, 3.8) is 0 Å². The molecule has 2 aliphatic rings. The summed E-state index contributed by atoms with van der Waals surface area (Å²) in [6.45, 7) is 3.86. The number of anilines is 1. The van der Waals surface area contributed by atoms with Crippen molar-refractivity contribution in [2.45, 2.75) is 25.1 Å². The molecule has 1 amide bonds. The van der Waals surface area contributed by atoms with Crippen LogP contribution in [0.25, 0.3) is 0 Å². The van der Waals surface area contributed by atoms with Crippen molar-refractivity contribution < 1.29 is 22.7 Å². The number of carbonyl (C=O) groups is 1. The lowest BCUT2D eigenvalue weighted by atomic mass is 10.2. The van der Waals surface area contributed by atoms with Gasteiger partial charge in [0.25, 0.3) is 0 Å². The second-order valence-corrected chi connectivity index (χ2v) is 7.14. The molecule has 150 valence electrons. The van der Waals surface area contributed by atoms with Gasteiger partial charge in [-0.1, -0.05) is 11.6 Å². The highest BCUT2D eigenvalue weighted by Crippen LogP contribution is 2.33. The molecule has 0 bridgehead atoms. The molecule has 6 nitrogen and oxygen atoms in total. The van der Waals surface area contributed by atoms with Gasteiger partial charge in [0.1, 0.15) is 5.82 Å². The van der Waals surface area contributed by atoms with Gasteiger partial charge in [0.05, 0.1) is 23.2 Å². The first-order chi connectivity index (χ1) is 12.8. The molecule has 0 aromatic carbocycles. The van der Waals surface area contributed by atoms with Gasteiger partial charge in [0.15, 0.2) is 0 Å². The summed E-state index contributed by atoms with van der Waals surface area (Å²) in [5.74, 6) is 0.289. The maximum absolute atomic E-state index is 12.7. The minimum Gasteiger partial charge on any atom is -0.376 e. The smallest absolute Gasteiger partial charge is 0.376 e. The first kappa shape index (κ1) is 20.2. The van der Waals surface area contributed by atoms with Crippen molar-refractivity contribution in [3.05, 3.63) is 22.8 Å². The van der Waals surface area contributed by atoms with Crippen LogP contribution in [0.4, 0.5) is 19.0 Å². The number of rotatable bonds is 5. The van der Waals surface area contributed by atoms with Crippen molar-refractivity contribution in [3.8, 4) is 0 Å². The van der Waals surface area contributed by atoms with E-state index in [1.165, 1.54) is 0 Å². The van der Waals surface area contributed by atoms with Crippen LogP contribution in [0.15, 0.2) is 12.3 Å². The van der Waals surface area contributed by atoms with E-state index in [0.29, 0.717) is 38.5 Å². The molecule has 0 radical (unpaired) electrons. The molecule has 0 unspecified atom stereocenters. The Labute approximate surface area is 160 Å². The van der Waals surface area contributed by atoms with Gasteiger partial charge in [-0.05, 0) is 18.9 Å². The van der Waals surface area contributed by atoms with E-state index in [4.69, 9.17) is 16.3 Å². The summed E-state index contributed by atoms with van der Waals surface area (Å²) in [5, 5.41) is 2.86. The van der Waals surface area contributed by atoms with Crippen LogP contribution in [0.2, 0.25) is 5.02 Å². The van der Waals surface area contributed by atoms with E-state index >= 15 is 0 Å². The average molecular weight is 407 g/mol. The first-order valence-electron chi connectivity index (χ1n) is 8.91. The second-order valence-electron chi connectivity index (χ2n) is 6.73. The van der Waals surface area contributed by atoms with Gasteiger partial charge in [0.2, 0.25) is 5.91 Å². The Morgan fingerprint density at radius 3 is 2.67 bits per heavy atom. The summed E-state index contributed by atoms with van der Waals surface area (Å²) in [4.78, 5) is 19.8. The first-order valence-corrected chi connectivity index (χ1v) is 9.29. The number of nitrogens with zero attached hydrogens (tertiary/aromatic N) is 3. The van der Waals surface area contributed by atoms with E-state index in [2.05, 4.69) is 10.3 Å². The Kier molecular flexibility index (Phi) is 6.44. The number of hydrogen-bond acceptors (Lipinski definition) is 5. The van der Waals surface area contributed by atoms with E-state index in [0.717, 1.165) is 31.7 Å². The molecule has 3 rings (SSSR count). The third-order valence-electron chi connectivity index (χ3n) is 4.74. The van der Waals surface area contributed by atoms with Crippen LogP contribution in [0.3, 0.4) is 0 Å². The highest BCUT2D eigenvalue weighted by atomic mass is 35.5. The number of piperazine rings is 1. The SMILES string of the molecule is O=C(CN1CCN(c2ncc(C(F)(F)F)cc2Cl)CC1)NC[C@@H]1CCCO1. The van der Waals surface area contributed by atoms with Crippen LogP contribution in [-0.2, 0) is 15.7 Å². The van der Waals surface area contributed by atoms with Gasteiger partial charge in [-0.3, -0.25) is 9.69 Å². The minimum absolute atomic E-state index is 0.0208. The maximum atomic E-state index is 12.7. The lowest BCUT2D eigenvalue weighted by molar-refractivity contribution is -0.137. The molecule has 1 aromatic rings. The summed E-state index contributed by atoms with van der Waals surface area (Å²) in [6.07, 6.45) is -1.56. The normalized spacial score (nSPS) is 21.5. The lowest BCUT2D eigenvalue weighted by Gasteiger charge is -2.35. The van der Waals surface area contributed by atoms with Crippen LogP contribution in [-0.4, -0.2) is 67.8 Å². The number of carbonyl (C=O) groups excluding carboxylic acids is 1. The van der Waals surface area contributed by atoms with Crippen molar-refractivity contribution in [1.29, 1.82) is 0 Å². The summed E-state index contributed by atoms with van der Waals surface area (Å²) >= 11 is 6.00. The number of hydrogen-bond donors (Lipinski definition) is 1. The van der Waals surface area contributed by atoms with Gasteiger partial charge in [-0.25, -0.2) is 4.98 Å². The number of halogens is 4. The number of ether oxygens (including phenoxy) is 1. The average Bonchev–Trinajstić information content (AvgIpc) is 3.13. The fraction of sp³-hybridized carbons (Fsp3) is 0.647. The number of nitrogens with one attached hydrogen (secondary N) is 1. The third-order valence-corrected chi connectivity index (χ3v) is 5.02. The quantitative estimate of drug-likeness (QED) is 0.812. The van der Waals surface area contributed by atoms with Crippen molar-refractivity contribution in [2.75, 3.05) is 50.8 Å². The molecule has 0 spiro atoms.